The largest absolute Gasteiger partial charge is 0.475 e. The number of carboxylic acids is 1. The van der Waals surface area contributed by atoms with Crippen LogP contribution in [0.4, 0.5) is 0 Å². The number of hydrogen-bond donors (Lipinski definition) is 2. The van der Waals surface area contributed by atoms with Gasteiger partial charge >= 0.3 is 5.97 Å². The smallest absolute Gasteiger partial charge is 0.371 e. The predicted octanol–water partition coefficient (Wildman–Crippen LogP) is 0.641. The second-order valence-electron chi connectivity index (χ2n) is 3.60. The van der Waals surface area contributed by atoms with Crippen molar-refractivity contribution in [2.45, 2.75) is 6.54 Å². The van der Waals surface area contributed by atoms with Crippen molar-refractivity contribution in [1.82, 2.24) is 15.1 Å². The van der Waals surface area contributed by atoms with Gasteiger partial charge in [-0.05, 0) is 18.2 Å². The third kappa shape index (κ3) is 2.40. The van der Waals surface area contributed by atoms with E-state index >= 15 is 0 Å². The number of nitrogens with one attached hydrogen (secondary N) is 1. The fourth-order valence-electron chi connectivity index (χ4n) is 1.41. The van der Waals surface area contributed by atoms with Crippen LogP contribution >= 0.6 is 0 Å². The molecule has 2 heterocycles. The first-order chi connectivity index (χ1) is 8.58. The Bertz CT molecular complexity index is 585. The molecule has 0 saturated heterocycles. The number of carbonyl (C=O) groups is 2. The van der Waals surface area contributed by atoms with Crippen molar-refractivity contribution in [3.63, 3.8) is 0 Å². The van der Waals surface area contributed by atoms with Gasteiger partial charge in [0.1, 0.15) is 0 Å². The minimum absolute atomic E-state index is 0.0328. The molecule has 0 aromatic carbocycles. The monoisotopic (exact) mass is 249 g/mol. The molecule has 0 saturated carbocycles. The van der Waals surface area contributed by atoms with E-state index in [2.05, 4.69) is 10.4 Å². The van der Waals surface area contributed by atoms with Crippen LogP contribution in [0.1, 0.15) is 26.8 Å². The Balaban J connectivity index is 1.99. The Morgan fingerprint density at radius 2 is 2.11 bits per heavy atom. The van der Waals surface area contributed by atoms with E-state index in [1.807, 2.05) is 0 Å². The van der Waals surface area contributed by atoms with Crippen molar-refractivity contribution in [1.29, 1.82) is 0 Å². The highest BCUT2D eigenvalue weighted by Crippen LogP contribution is 2.08. The molecule has 0 fully saturated rings. The molecule has 0 aliphatic heterocycles. The number of aromatic carboxylic acids is 1. The number of furan rings is 1. The van der Waals surface area contributed by atoms with E-state index in [-0.39, 0.29) is 11.5 Å². The fraction of sp³-hybridized carbons (Fsp3) is 0.182. The van der Waals surface area contributed by atoms with Gasteiger partial charge in [0, 0.05) is 13.2 Å². The van der Waals surface area contributed by atoms with Crippen molar-refractivity contribution in [3.8, 4) is 0 Å². The molecule has 0 atom stereocenters. The molecule has 1 amide bonds. The van der Waals surface area contributed by atoms with Gasteiger partial charge in [0.05, 0.1) is 12.2 Å². The van der Waals surface area contributed by atoms with E-state index in [9.17, 15) is 9.59 Å². The summed E-state index contributed by atoms with van der Waals surface area (Å²) in [4.78, 5) is 22.2. The standard InChI is InChI=1S/C11H11N3O4/c1-14-7(4-5-13-14)6-12-10(15)8-2-3-9(18-8)11(16)17/h2-5H,6H2,1H3,(H,12,15)(H,16,17). The molecule has 2 aromatic rings. The van der Waals surface area contributed by atoms with Gasteiger partial charge in [0.2, 0.25) is 5.76 Å². The highest BCUT2D eigenvalue weighted by Gasteiger charge is 2.14. The minimum Gasteiger partial charge on any atom is -0.475 e. The van der Waals surface area contributed by atoms with Crippen molar-refractivity contribution < 1.29 is 19.1 Å². The number of carboxylic acid groups (broad SMARTS) is 1. The Morgan fingerprint density at radius 3 is 2.67 bits per heavy atom. The summed E-state index contributed by atoms with van der Waals surface area (Å²) >= 11 is 0. The molecule has 94 valence electrons. The molecule has 2 aromatic heterocycles. The van der Waals surface area contributed by atoms with Gasteiger partial charge in [-0.25, -0.2) is 4.79 Å². The maximum atomic E-state index is 11.7. The number of nitrogens with zero attached hydrogens (tertiary/aromatic N) is 2. The summed E-state index contributed by atoms with van der Waals surface area (Å²) in [5.41, 5.74) is 0.827. The third-order valence-electron chi connectivity index (χ3n) is 2.39. The second kappa shape index (κ2) is 4.74. The van der Waals surface area contributed by atoms with Gasteiger partial charge in [-0.2, -0.15) is 5.10 Å². The van der Waals surface area contributed by atoms with E-state index in [0.29, 0.717) is 6.54 Å². The molecular weight excluding hydrogens is 238 g/mol. The number of carbonyl (C=O) groups excluding carboxylic acids is 1. The maximum Gasteiger partial charge on any atom is 0.371 e. The maximum absolute atomic E-state index is 11.7. The van der Waals surface area contributed by atoms with Gasteiger partial charge in [-0.15, -0.1) is 0 Å². The lowest BCUT2D eigenvalue weighted by Gasteiger charge is -2.03. The van der Waals surface area contributed by atoms with Gasteiger partial charge < -0.3 is 14.8 Å². The molecule has 0 unspecified atom stereocenters. The summed E-state index contributed by atoms with van der Waals surface area (Å²) in [5, 5.41) is 15.2. The Morgan fingerprint density at radius 1 is 1.39 bits per heavy atom. The topological polar surface area (TPSA) is 97.4 Å². The van der Waals surface area contributed by atoms with E-state index < -0.39 is 11.9 Å². The number of rotatable bonds is 4. The first-order valence-corrected chi connectivity index (χ1v) is 5.16. The molecule has 18 heavy (non-hydrogen) atoms. The zero-order valence-corrected chi connectivity index (χ0v) is 9.58. The summed E-state index contributed by atoms with van der Waals surface area (Å²) < 4.78 is 6.50. The van der Waals surface area contributed by atoms with Crippen LogP contribution in [0.2, 0.25) is 0 Å². The quantitative estimate of drug-likeness (QED) is 0.828. The van der Waals surface area contributed by atoms with Crippen LogP contribution in [0.5, 0.6) is 0 Å². The van der Waals surface area contributed by atoms with Crippen LogP contribution < -0.4 is 5.32 Å². The summed E-state index contributed by atoms with van der Waals surface area (Å²) in [5.74, 6) is -1.97. The summed E-state index contributed by atoms with van der Waals surface area (Å²) in [6.45, 7) is 0.290. The molecule has 0 radical (unpaired) electrons. The molecule has 0 aliphatic carbocycles. The highest BCUT2D eigenvalue weighted by atomic mass is 16.4. The summed E-state index contributed by atoms with van der Waals surface area (Å²) in [6.07, 6.45) is 1.62. The Hall–Kier alpha value is -2.57. The zero-order valence-electron chi connectivity index (χ0n) is 9.58. The Kier molecular flexibility index (Phi) is 3.13. The number of aromatic nitrogens is 2. The molecule has 2 N–H and O–H groups in total. The van der Waals surface area contributed by atoms with E-state index in [1.54, 1.807) is 24.0 Å². The molecule has 2 rings (SSSR count). The van der Waals surface area contributed by atoms with E-state index in [4.69, 9.17) is 9.52 Å². The molecule has 0 spiro atoms. The van der Waals surface area contributed by atoms with Crippen LogP contribution in [0.25, 0.3) is 0 Å². The third-order valence-corrected chi connectivity index (χ3v) is 2.39. The van der Waals surface area contributed by atoms with Crippen LogP contribution in [0, 0.1) is 0 Å². The summed E-state index contributed by atoms with van der Waals surface area (Å²) in [6, 6.07) is 4.33. The van der Waals surface area contributed by atoms with Gasteiger partial charge in [-0.3, -0.25) is 9.48 Å². The first kappa shape index (κ1) is 11.9. The molecule has 7 nitrogen and oxygen atoms in total. The summed E-state index contributed by atoms with van der Waals surface area (Å²) in [7, 11) is 1.76. The van der Waals surface area contributed by atoms with Gasteiger partial charge in [0.25, 0.3) is 5.91 Å². The fourth-order valence-corrected chi connectivity index (χ4v) is 1.41. The highest BCUT2D eigenvalue weighted by molar-refractivity contribution is 5.93. The SMILES string of the molecule is Cn1nccc1CNC(=O)c1ccc(C(=O)O)o1. The van der Waals surface area contributed by atoms with Crippen molar-refractivity contribution >= 4 is 11.9 Å². The van der Waals surface area contributed by atoms with Crippen molar-refractivity contribution in [2.75, 3.05) is 0 Å². The second-order valence-corrected chi connectivity index (χ2v) is 3.60. The average Bonchev–Trinajstić information content (AvgIpc) is 2.94. The lowest BCUT2D eigenvalue weighted by molar-refractivity contribution is 0.0659. The van der Waals surface area contributed by atoms with E-state index in [0.717, 1.165) is 5.69 Å². The molecule has 0 bridgehead atoms. The van der Waals surface area contributed by atoms with Gasteiger partial charge in [0.15, 0.2) is 5.76 Å². The first-order valence-electron chi connectivity index (χ1n) is 5.16. The van der Waals surface area contributed by atoms with E-state index in [1.165, 1.54) is 12.1 Å². The molecule has 0 aliphatic rings. The van der Waals surface area contributed by atoms with Gasteiger partial charge in [-0.1, -0.05) is 0 Å². The Labute approximate surface area is 102 Å². The normalized spacial score (nSPS) is 10.3. The average molecular weight is 249 g/mol. The molecule has 7 heteroatoms. The van der Waals surface area contributed by atoms with Crippen LogP contribution in [0.15, 0.2) is 28.8 Å². The van der Waals surface area contributed by atoms with Crippen LogP contribution in [-0.2, 0) is 13.6 Å². The number of aryl methyl sites for hydroxylation is 1. The predicted molar refractivity (Wildman–Crippen MR) is 60.0 cm³/mol. The van der Waals surface area contributed by atoms with Crippen LogP contribution in [-0.4, -0.2) is 26.8 Å². The number of hydrogen-bond acceptors (Lipinski definition) is 4. The zero-order chi connectivity index (χ0) is 13.1. The van der Waals surface area contributed by atoms with Crippen molar-refractivity contribution in [3.05, 3.63) is 41.6 Å². The minimum atomic E-state index is -1.21. The van der Waals surface area contributed by atoms with Crippen molar-refractivity contribution in [2.24, 2.45) is 7.05 Å². The lowest BCUT2D eigenvalue weighted by Crippen LogP contribution is -2.23. The molecular formula is C11H11N3O4. The van der Waals surface area contributed by atoms with Crippen LogP contribution in [0.3, 0.4) is 0 Å². The number of amides is 1. The lowest BCUT2D eigenvalue weighted by atomic mass is 10.3.